The Bertz CT molecular complexity index is 1190. The number of benzene rings is 2. The zero-order valence-electron chi connectivity index (χ0n) is 20.4. The van der Waals surface area contributed by atoms with Gasteiger partial charge in [-0.2, -0.15) is 0 Å². The van der Waals surface area contributed by atoms with Gasteiger partial charge < -0.3 is 14.8 Å². The molecule has 0 aromatic heterocycles. The zero-order chi connectivity index (χ0) is 24.1. The lowest BCUT2D eigenvalue weighted by atomic mass is 9.62. The third-order valence-electron chi connectivity index (χ3n) is 7.02. The number of hydrogen-bond acceptors (Lipinski definition) is 4. The number of fused-ring (bicyclic) bond motifs is 1. The van der Waals surface area contributed by atoms with Gasteiger partial charge in [0, 0.05) is 5.56 Å². The molecule has 1 fully saturated rings. The van der Waals surface area contributed by atoms with Crippen molar-refractivity contribution < 1.29 is 19.1 Å². The van der Waals surface area contributed by atoms with E-state index in [1.165, 1.54) is 11.1 Å². The molecule has 0 unspecified atom stereocenters. The van der Waals surface area contributed by atoms with Crippen LogP contribution in [-0.4, -0.2) is 26.2 Å². The van der Waals surface area contributed by atoms with Crippen LogP contribution in [0.5, 0.6) is 11.5 Å². The van der Waals surface area contributed by atoms with Crippen LogP contribution in [-0.2, 0) is 15.6 Å². The summed E-state index contributed by atoms with van der Waals surface area (Å²) in [6, 6.07) is 7.86. The van der Waals surface area contributed by atoms with E-state index in [2.05, 4.69) is 57.4 Å². The summed E-state index contributed by atoms with van der Waals surface area (Å²) in [6.45, 7) is 11.4. The van der Waals surface area contributed by atoms with E-state index in [4.69, 9.17) is 9.47 Å². The summed E-state index contributed by atoms with van der Waals surface area (Å²) < 4.78 is 11.4. The van der Waals surface area contributed by atoms with E-state index in [0.717, 1.165) is 35.1 Å². The van der Waals surface area contributed by atoms with E-state index < -0.39 is 11.9 Å². The van der Waals surface area contributed by atoms with Gasteiger partial charge in [-0.15, -0.1) is 0 Å². The average molecular weight is 449 g/mol. The minimum absolute atomic E-state index is 0.0659. The summed E-state index contributed by atoms with van der Waals surface area (Å²) in [5.41, 5.74) is 6.96. The first-order valence-corrected chi connectivity index (χ1v) is 11.2. The van der Waals surface area contributed by atoms with Crippen molar-refractivity contribution in [2.75, 3.05) is 14.2 Å². The first-order valence-electron chi connectivity index (χ1n) is 11.2. The quantitative estimate of drug-likeness (QED) is 0.497. The van der Waals surface area contributed by atoms with Gasteiger partial charge in [0.15, 0.2) is 11.5 Å². The molecular weight excluding hydrogens is 416 g/mol. The molecule has 33 heavy (non-hydrogen) atoms. The Morgan fingerprint density at radius 1 is 0.848 bits per heavy atom. The lowest BCUT2D eigenvalue weighted by Gasteiger charge is -2.42. The smallest absolute Gasteiger partial charge is 0.326 e. The highest BCUT2D eigenvalue weighted by atomic mass is 16.5. The molecule has 1 aliphatic heterocycles. The van der Waals surface area contributed by atoms with Crippen LogP contribution < -0.4 is 20.1 Å². The number of imide groups is 1. The number of ether oxygens (including phenoxy) is 2. The third kappa shape index (κ3) is 3.99. The van der Waals surface area contributed by atoms with Crippen LogP contribution in [0.25, 0.3) is 17.2 Å². The van der Waals surface area contributed by atoms with Gasteiger partial charge in [-0.05, 0) is 82.7 Å². The number of carbonyl (C=O) groups is 2. The summed E-state index contributed by atoms with van der Waals surface area (Å²) in [6.07, 6.45) is 3.92. The highest BCUT2D eigenvalue weighted by Gasteiger charge is 2.37. The highest BCUT2D eigenvalue weighted by molar-refractivity contribution is 6.14. The monoisotopic (exact) mass is 448 g/mol. The average Bonchev–Trinajstić information content (AvgIpc) is 3.07. The molecule has 0 spiro atoms. The zero-order valence-corrected chi connectivity index (χ0v) is 20.4. The topological polar surface area (TPSA) is 76.7 Å². The fourth-order valence-corrected chi connectivity index (χ4v) is 4.93. The molecule has 1 saturated heterocycles. The van der Waals surface area contributed by atoms with Crippen LogP contribution in [0.2, 0.25) is 0 Å². The van der Waals surface area contributed by atoms with Crippen LogP contribution in [0.3, 0.4) is 0 Å². The Labute approximate surface area is 195 Å². The van der Waals surface area contributed by atoms with E-state index in [-0.39, 0.29) is 16.5 Å². The number of methoxy groups -OCH3 is 2. The van der Waals surface area contributed by atoms with Crippen LogP contribution in [0, 0.1) is 6.92 Å². The lowest BCUT2D eigenvalue weighted by Crippen LogP contribution is -2.34. The Balaban J connectivity index is 1.94. The van der Waals surface area contributed by atoms with Crippen molar-refractivity contribution in [2.45, 2.75) is 58.3 Å². The molecular formula is C27H32N2O4. The summed E-state index contributed by atoms with van der Waals surface area (Å²) >= 11 is 0. The molecule has 0 radical (unpaired) electrons. The fraction of sp³-hybridized carbons (Fsp3) is 0.407. The molecule has 1 heterocycles. The minimum atomic E-state index is -0.526. The van der Waals surface area contributed by atoms with Crippen LogP contribution >= 0.6 is 0 Å². The molecule has 6 heteroatoms. The summed E-state index contributed by atoms with van der Waals surface area (Å²) in [4.78, 5) is 23.6. The summed E-state index contributed by atoms with van der Waals surface area (Å²) in [7, 11) is 3.22. The second kappa shape index (κ2) is 7.94. The van der Waals surface area contributed by atoms with Crippen LogP contribution in [0.1, 0.15) is 62.8 Å². The second-order valence-electron chi connectivity index (χ2n) is 10.3. The van der Waals surface area contributed by atoms with Gasteiger partial charge in [0.05, 0.1) is 14.2 Å². The normalized spacial score (nSPS) is 19.7. The minimum Gasteiger partial charge on any atom is -0.493 e. The maximum absolute atomic E-state index is 12.0. The second-order valence-corrected chi connectivity index (χ2v) is 10.3. The van der Waals surface area contributed by atoms with E-state index in [9.17, 15) is 9.59 Å². The predicted octanol–water partition coefficient (Wildman–Crippen LogP) is 5.21. The highest BCUT2D eigenvalue weighted by Crippen LogP contribution is 2.49. The fourth-order valence-electron chi connectivity index (χ4n) is 4.93. The first-order chi connectivity index (χ1) is 15.5. The van der Waals surface area contributed by atoms with Gasteiger partial charge in [-0.1, -0.05) is 33.8 Å². The van der Waals surface area contributed by atoms with Crippen molar-refractivity contribution in [3.63, 3.8) is 0 Å². The van der Waals surface area contributed by atoms with E-state index in [1.807, 2.05) is 6.07 Å². The van der Waals surface area contributed by atoms with Gasteiger partial charge in [-0.25, -0.2) is 4.79 Å². The Hall–Kier alpha value is -3.28. The largest absolute Gasteiger partial charge is 0.493 e. The number of hydrogen-bond donors (Lipinski definition) is 2. The van der Waals surface area contributed by atoms with Crippen molar-refractivity contribution in [3.05, 3.63) is 52.2 Å². The molecule has 2 aliphatic rings. The predicted molar refractivity (Wildman–Crippen MR) is 130 cm³/mol. The van der Waals surface area contributed by atoms with Crippen molar-refractivity contribution >= 4 is 18.0 Å². The number of aryl methyl sites for hydroxylation is 1. The molecule has 3 amide bonds. The molecule has 2 aromatic rings. The van der Waals surface area contributed by atoms with E-state index >= 15 is 0 Å². The van der Waals surface area contributed by atoms with E-state index in [0.29, 0.717) is 11.5 Å². The Kier molecular flexibility index (Phi) is 5.51. The maximum atomic E-state index is 12.0. The van der Waals surface area contributed by atoms with Crippen LogP contribution in [0.4, 0.5) is 4.79 Å². The molecule has 6 nitrogen and oxygen atoms in total. The lowest BCUT2D eigenvalue weighted by molar-refractivity contribution is -0.115. The number of rotatable bonds is 4. The maximum Gasteiger partial charge on any atom is 0.326 e. The van der Waals surface area contributed by atoms with Crippen molar-refractivity contribution in [2.24, 2.45) is 0 Å². The standard InChI is InChI=1S/C27H32N2O4/c1-15-10-19-20(27(4,5)9-8-26(19,2)3)14-17(15)18-11-16(13-22(32-6)23(18)33-7)12-21-24(30)29-25(31)28-21/h10-14H,8-9H2,1-7H3,(H2,28,29,30,31). The molecule has 2 N–H and O–H groups in total. The number of amides is 3. The van der Waals surface area contributed by atoms with Crippen LogP contribution in [0.15, 0.2) is 30.0 Å². The number of carbonyl (C=O) groups excluding carboxylic acids is 2. The molecule has 0 bridgehead atoms. The van der Waals surface area contributed by atoms with Gasteiger partial charge in [0.1, 0.15) is 5.70 Å². The van der Waals surface area contributed by atoms with Gasteiger partial charge in [0.2, 0.25) is 0 Å². The third-order valence-corrected chi connectivity index (χ3v) is 7.02. The van der Waals surface area contributed by atoms with Crippen molar-refractivity contribution in [3.8, 4) is 22.6 Å². The van der Waals surface area contributed by atoms with Crippen molar-refractivity contribution in [1.82, 2.24) is 10.6 Å². The molecule has 4 rings (SSSR count). The van der Waals surface area contributed by atoms with E-state index in [1.54, 1.807) is 26.4 Å². The Morgan fingerprint density at radius 3 is 2.03 bits per heavy atom. The molecule has 2 aromatic carbocycles. The van der Waals surface area contributed by atoms with Gasteiger partial charge in [-0.3, -0.25) is 10.1 Å². The molecule has 0 atom stereocenters. The molecule has 1 aliphatic carbocycles. The van der Waals surface area contributed by atoms with Gasteiger partial charge in [0.25, 0.3) is 5.91 Å². The SMILES string of the molecule is COc1cc(C=C2NC(=O)NC2=O)cc(-c2cc3c(cc2C)C(C)(C)CCC3(C)C)c1OC. The summed E-state index contributed by atoms with van der Waals surface area (Å²) in [5, 5.41) is 4.77. The van der Waals surface area contributed by atoms with Gasteiger partial charge >= 0.3 is 6.03 Å². The summed E-state index contributed by atoms with van der Waals surface area (Å²) in [5.74, 6) is 0.740. The Morgan fingerprint density at radius 2 is 1.48 bits per heavy atom. The number of urea groups is 1. The van der Waals surface area contributed by atoms with Crippen molar-refractivity contribution in [1.29, 1.82) is 0 Å². The molecule has 174 valence electrons. The molecule has 0 saturated carbocycles. The number of nitrogens with one attached hydrogen (secondary N) is 2. The first kappa shape index (κ1) is 22.9.